The molecule has 0 aromatic heterocycles. The van der Waals surface area contributed by atoms with E-state index in [1.165, 1.54) is 103 Å². The van der Waals surface area contributed by atoms with Crippen LogP contribution in [0.2, 0.25) is 0 Å². The molecular formula is C28H44. The first kappa shape index (κ1) is 23.1. The summed E-state index contributed by atoms with van der Waals surface area (Å²) in [6.07, 6.45) is 26.1. The molecular weight excluding hydrogens is 336 g/mol. The molecule has 0 atom stereocenters. The van der Waals surface area contributed by atoms with Gasteiger partial charge in [0.25, 0.3) is 0 Å². The molecule has 0 unspecified atom stereocenters. The SMILES string of the molecule is CCCCCC[C@H]1CC[C@H](C#C/C=C/C#C[C@H]2CC[C@H](CCCC)CC2)CC1. The van der Waals surface area contributed by atoms with Gasteiger partial charge >= 0.3 is 0 Å². The van der Waals surface area contributed by atoms with E-state index in [4.69, 9.17) is 0 Å². The molecule has 0 spiro atoms. The Labute approximate surface area is 176 Å². The van der Waals surface area contributed by atoms with E-state index < -0.39 is 0 Å². The lowest BCUT2D eigenvalue weighted by Gasteiger charge is -2.25. The summed E-state index contributed by atoms with van der Waals surface area (Å²) in [4.78, 5) is 0. The van der Waals surface area contributed by atoms with E-state index in [-0.39, 0.29) is 0 Å². The van der Waals surface area contributed by atoms with Crippen LogP contribution >= 0.6 is 0 Å². The Kier molecular flexibility index (Phi) is 12.2. The van der Waals surface area contributed by atoms with E-state index in [0.717, 1.165) is 11.8 Å². The number of unbranched alkanes of at least 4 members (excludes halogenated alkanes) is 4. The van der Waals surface area contributed by atoms with Gasteiger partial charge in [0.2, 0.25) is 0 Å². The summed E-state index contributed by atoms with van der Waals surface area (Å²) in [7, 11) is 0. The van der Waals surface area contributed by atoms with Crippen LogP contribution in [-0.4, -0.2) is 0 Å². The lowest BCUT2D eigenvalue weighted by molar-refractivity contribution is 0.294. The Morgan fingerprint density at radius 2 is 1.04 bits per heavy atom. The third-order valence-corrected chi connectivity index (χ3v) is 6.95. The fraction of sp³-hybridized carbons (Fsp3) is 0.786. The molecule has 0 amide bonds. The first-order valence-corrected chi connectivity index (χ1v) is 12.5. The van der Waals surface area contributed by atoms with Crippen molar-refractivity contribution in [1.82, 2.24) is 0 Å². The van der Waals surface area contributed by atoms with Crippen LogP contribution in [-0.2, 0) is 0 Å². The molecule has 0 N–H and O–H groups in total. The Hall–Kier alpha value is -1.14. The van der Waals surface area contributed by atoms with Gasteiger partial charge in [-0.15, -0.1) is 0 Å². The van der Waals surface area contributed by atoms with Crippen molar-refractivity contribution in [3.63, 3.8) is 0 Å². The zero-order chi connectivity index (χ0) is 19.9. The smallest absolute Gasteiger partial charge is 0.0206 e. The van der Waals surface area contributed by atoms with Crippen molar-refractivity contribution in [3.8, 4) is 23.7 Å². The van der Waals surface area contributed by atoms with E-state index in [1.54, 1.807) is 0 Å². The zero-order valence-electron chi connectivity index (χ0n) is 18.8. The topological polar surface area (TPSA) is 0 Å². The average molecular weight is 381 g/mol. The highest BCUT2D eigenvalue weighted by molar-refractivity contribution is 5.26. The van der Waals surface area contributed by atoms with Crippen molar-refractivity contribution >= 4 is 0 Å². The fourth-order valence-corrected chi connectivity index (χ4v) is 4.96. The van der Waals surface area contributed by atoms with Crippen LogP contribution in [0.5, 0.6) is 0 Å². The summed E-state index contributed by atoms with van der Waals surface area (Å²) in [5.74, 6) is 16.7. The molecule has 0 bridgehead atoms. The van der Waals surface area contributed by atoms with Gasteiger partial charge in [-0.2, -0.15) is 0 Å². The molecule has 0 nitrogen and oxygen atoms in total. The highest BCUT2D eigenvalue weighted by Gasteiger charge is 2.20. The van der Waals surface area contributed by atoms with Crippen LogP contribution in [0.1, 0.15) is 117 Å². The molecule has 0 heteroatoms. The molecule has 28 heavy (non-hydrogen) atoms. The molecule has 0 aromatic rings. The maximum Gasteiger partial charge on any atom is 0.0206 e. The minimum Gasteiger partial charge on any atom is -0.0951 e. The molecule has 0 aliphatic heterocycles. The van der Waals surface area contributed by atoms with Crippen LogP contribution in [0.3, 0.4) is 0 Å². The van der Waals surface area contributed by atoms with Gasteiger partial charge in [0.1, 0.15) is 0 Å². The highest BCUT2D eigenvalue weighted by atomic mass is 14.2. The third-order valence-electron chi connectivity index (χ3n) is 6.95. The zero-order valence-corrected chi connectivity index (χ0v) is 18.8. The van der Waals surface area contributed by atoms with Gasteiger partial charge in [-0.05, 0) is 75.4 Å². The Morgan fingerprint density at radius 1 is 0.571 bits per heavy atom. The van der Waals surface area contributed by atoms with Gasteiger partial charge < -0.3 is 0 Å². The van der Waals surface area contributed by atoms with Crippen molar-refractivity contribution in [2.75, 3.05) is 0 Å². The third kappa shape index (κ3) is 9.87. The standard InChI is InChI=1S/C28H44/c1-3-5-7-10-14-26-21-23-28(24-22-26)16-12-9-8-11-15-27-19-17-25(18-20-27)13-6-4-2/h8-9,25-28H,3-7,10,13-14,17-24H2,1-2H3/b9-8+/t25-,26-,27-,28-. The van der Waals surface area contributed by atoms with Crippen molar-refractivity contribution in [1.29, 1.82) is 0 Å². The summed E-state index contributed by atoms with van der Waals surface area (Å²) in [5.41, 5.74) is 0. The fourth-order valence-electron chi connectivity index (χ4n) is 4.96. The van der Waals surface area contributed by atoms with Crippen LogP contribution < -0.4 is 0 Å². The summed E-state index contributed by atoms with van der Waals surface area (Å²) in [5, 5.41) is 0. The summed E-state index contributed by atoms with van der Waals surface area (Å²) < 4.78 is 0. The van der Waals surface area contributed by atoms with Gasteiger partial charge in [-0.1, -0.05) is 88.9 Å². The predicted octanol–water partition coefficient (Wildman–Crippen LogP) is 8.32. The maximum absolute atomic E-state index is 3.48. The minimum atomic E-state index is 0.628. The quantitative estimate of drug-likeness (QED) is 0.293. The molecule has 0 radical (unpaired) electrons. The lowest BCUT2D eigenvalue weighted by atomic mass is 9.80. The summed E-state index contributed by atoms with van der Waals surface area (Å²) in [6, 6.07) is 0. The van der Waals surface area contributed by atoms with Crippen molar-refractivity contribution in [2.24, 2.45) is 23.7 Å². The van der Waals surface area contributed by atoms with Crippen molar-refractivity contribution in [2.45, 2.75) is 117 Å². The molecule has 0 saturated heterocycles. The molecule has 2 aliphatic carbocycles. The van der Waals surface area contributed by atoms with Crippen LogP contribution in [0.15, 0.2) is 12.2 Å². The maximum atomic E-state index is 3.48. The van der Waals surface area contributed by atoms with Crippen molar-refractivity contribution in [3.05, 3.63) is 12.2 Å². The minimum absolute atomic E-state index is 0.628. The predicted molar refractivity (Wildman–Crippen MR) is 124 cm³/mol. The van der Waals surface area contributed by atoms with E-state index in [9.17, 15) is 0 Å². The van der Waals surface area contributed by atoms with Crippen molar-refractivity contribution < 1.29 is 0 Å². The number of allylic oxidation sites excluding steroid dienone is 2. The molecule has 2 saturated carbocycles. The molecule has 0 aromatic carbocycles. The molecule has 2 fully saturated rings. The molecule has 156 valence electrons. The number of hydrogen-bond acceptors (Lipinski definition) is 0. The highest BCUT2D eigenvalue weighted by Crippen LogP contribution is 2.32. The molecule has 0 heterocycles. The van der Waals surface area contributed by atoms with Crippen LogP contribution in [0.25, 0.3) is 0 Å². The van der Waals surface area contributed by atoms with Gasteiger partial charge in [0.15, 0.2) is 0 Å². The second-order valence-electron chi connectivity index (χ2n) is 9.34. The van der Waals surface area contributed by atoms with Gasteiger partial charge in [0, 0.05) is 11.8 Å². The van der Waals surface area contributed by atoms with E-state index >= 15 is 0 Å². The largest absolute Gasteiger partial charge is 0.0951 e. The van der Waals surface area contributed by atoms with E-state index in [0.29, 0.717) is 11.8 Å². The number of rotatable bonds is 8. The Balaban J connectivity index is 1.57. The second kappa shape index (κ2) is 14.8. The van der Waals surface area contributed by atoms with Crippen LogP contribution in [0.4, 0.5) is 0 Å². The summed E-state index contributed by atoms with van der Waals surface area (Å²) in [6.45, 7) is 4.59. The van der Waals surface area contributed by atoms with Crippen LogP contribution in [0, 0.1) is 47.4 Å². The van der Waals surface area contributed by atoms with Gasteiger partial charge in [-0.3, -0.25) is 0 Å². The monoisotopic (exact) mass is 380 g/mol. The normalized spacial score (nSPS) is 27.6. The molecule has 2 rings (SSSR count). The Morgan fingerprint density at radius 3 is 1.50 bits per heavy atom. The summed E-state index contributed by atoms with van der Waals surface area (Å²) >= 11 is 0. The number of hydrogen-bond donors (Lipinski definition) is 0. The first-order valence-electron chi connectivity index (χ1n) is 12.5. The lowest BCUT2D eigenvalue weighted by Crippen LogP contribution is -2.13. The first-order chi connectivity index (χ1) is 13.8. The van der Waals surface area contributed by atoms with E-state index in [2.05, 4.69) is 37.5 Å². The van der Waals surface area contributed by atoms with Gasteiger partial charge in [-0.25, -0.2) is 0 Å². The van der Waals surface area contributed by atoms with E-state index in [1.807, 2.05) is 12.2 Å². The Bertz CT molecular complexity index is 530. The average Bonchev–Trinajstić information content (AvgIpc) is 2.74. The molecule has 2 aliphatic rings. The van der Waals surface area contributed by atoms with Gasteiger partial charge in [0.05, 0.1) is 0 Å². The second-order valence-corrected chi connectivity index (χ2v) is 9.34.